The quantitative estimate of drug-likeness (QED) is 0.581. The number of aryl methyl sites for hydroxylation is 1. The maximum atomic E-state index is 12.7. The largest absolute Gasteiger partial charge is 0.496 e. The summed E-state index contributed by atoms with van der Waals surface area (Å²) >= 11 is 1.56. The molecule has 9 heteroatoms. The SMILES string of the molecule is COc1cc(OC)c(C(=O)OCc2nc3sc4c(c3c(=O)[nH]2)CCC(C)C4)cc1OC. The van der Waals surface area contributed by atoms with E-state index in [0.717, 1.165) is 24.8 Å². The van der Waals surface area contributed by atoms with Gasteiger partial charge in [0.15, 0.2) is 11.5 Å². The number of nitrogens with one attached hydrogen (secondary N) is 1. The monoisotopic (exact) mass is 444 g/mol. The lowest BCUT2D eigenvalue weighted by atomic mass is 9.89. The fourth-order valence-corrected chi connectivity index (χ4v) is 5.26. The molecule has 0 aliphatic heterocycles. The number of fused-ring (bicyclic) bond motifs is 3. The van der Waals surface area contributed by atoms with Gasteiger partial charge in [0.1, 0.15) is 28.6 Å². The highest BCUT2D eigenvalue weighted by Crippen LogP contribution is 2.36. The number of hydrogen-bond acceptors (Lipinski definition) is 8. The van der Waals surface area contributed by atoms with Crippen molar-refractivity contribution in [2.24, 2.45) is 5.92 Å². The van der Waals surface area contributed by atoms with Crippen molar-refractivity contribution in [3.8, 4) is 17.2 Å². The molecule has 164 valence electrons. The van der Waals surface area contributed by atoms with Gasteiger partial charge >= 0.3 is 5.97 Å². The Kier molecular flexibility index (Phi) is 5.86. The minimum absolute atomic E-state index is 0.166. The number of carbonyl (C=O) groups excluding carboxylic acids is 1. The first-order chi connectivity index (χ1) is 14.9. The van der Waals surface area contributed by atoms with Crippen LogP contribution in [-0.2, 0) is 24.2 Å². The average molecular weight is 445 g/mol. The zero-order valence-corrected chi connectivity index (χ0v) is 18.7. The molecule has 0 saturated heterocycles. The molecule has 2 aromatic heterocycles. The first-order valence-corrected chi connectivity index (χ1v) is 10.8. The Morgan fingerprint density at radius 2 is 1.87 bits per heavy atom. The fourth-order valence-electron chi connectivity index (χ4n) is 3.86. The molecule has 2 heterocycles. The number of carbonyl (C=O) groups is 1. The van der Waals surface area contributed by atoms with Gasteiger partial charge in [0.2, 0.25) is 0 Å². The van der Waals surface area contributed by atoms with Crippen molar-refractivity contribution in [3.05, 3.63) is 44.3 Å². The van der Waals surface area contributed by atoms with E-state index in [1.165, 1.54) is 32.3 Å². The summed E-state index contributed by atoms with van der Waals surface area (Å²) in [6.45, 7) is 2.05. The van der Waals surface area contributed by atoms with E-state index in [9.17, 15) is 9.59 Å². The summed E-state index contributed by atoms with van der Waals surface area (Å²) in [5.41, 5.74) is 1.11. The lowest BCUT2D eigenvalue weighted by Crippen LogP contribution is -2.16. The van der Waals surface area contributed by atoms with Crippen LogP contribution < -0.4 is 19.8 Å². The molecule has 0 amide bonds. The predicted octanol–water partition coefficient (Wildman–Crippen LogP) is 3.49. The molecule has 0 fully saturated rings. The van der Waals surface area contributed by atoms with E-state index in [-0.39, 0.29) is 17.7 Å². The van der Waals surface area contributed by atoms with Crippen LogP contribution in [0.1, 0.15) is 40.0 Å². The molecule has 0 radical (unpaired) electrons. The Morgan fingerprint density at radius 1 is 1.16 bits per heavy atom. The normalized spacial score (nSPS) is 15.4. The minimum atomic E-state index is -0.625. The van der Waals surface area contributed by atoms with E-state index in [2.05, 4.69) is 16.9 Å². The molecule has 1 N–H and O–H groups in total. The minimum Gasteiger partial charge on any atom is -0.496 e. The highest BCUT2D eigenvalue weighted by molar-refractivity contribution is 7.18. The number of benzene rings is 1. The molecular formula is C22H24N2O6S. The standard InChI is InChI=1S/C22H24N2O6S/c1-11-5-6-12-17(7-11)31-21-19(12)20(25)23-18(24-21)10-30-22(26)13-8-15(28-3)16(29-4)9-14(13)27-2/h8-9,11H,5-7,10H2,1-4H3,(H,23,24,25). The van der Waals surface area contributed by atoms with Crippen molar-refractivity contribution >= 4 is 27.5 Å². The van der Waals surface area contributed by atoms with Crippen LogP contribution in [0.4, 0.5) is 0 Å². The number of ether oxygens (including phenoxy) is 4. The molecule has 4 rings (SSSR count). The molecule has 1 aliphatic carbocycles. The lowest BCUT2D eigenvalue weighted by Gasteiger charge is -2.17. The van der Waals surface area contributed by atoms with Gasteiger partial charge in [0.05, 0.1) is 26.7 Å². The highest BCUT2D eigenvalue weighted by atomic mass is 32.1. The zero-order valence-electron chi connectivity index (χ0n) is 17.9. The third-order valence-electron chi connectivity index (χ3n) is 5.48. The smallest absolute Gasteiger partial charge is 0.342 e. The summed E-state index contributed by atoms with van der Waals surface area (Å²) in [6.07, 6.45) is 2.94. The molecule has 1 unspecified atom stereocenters. The number of nitrogens with zero attached hydrogens (tertiary/aromatic N) is 1. The Morgan fingerprint density at radius 3 is 2.58 bits per heavy atom. The van der Waals surface area contributed by atoms with Crippen LogP contribution >= 0.6 is 11.3 Å². The molecule has 0 saturated carbocycles. The second kappa shape index (κ2) is 8.58. The maximum absolute atomic E-state index is 12.7. The first kappa shape index (κ1) is 21.2. The van der Waals surface area contributed by atoms with Gasteiger partial charge in [-0.25, -0.2) is 9.78 Å². The van der Waals surface area contributed by atoms with Crippen LogP contribution in [0.15, 0.2) is 16.9 Å². The van der Waals surface area contributed by atoms with Crippen molar-refractivity contribution in [2.45, 2.75) is 32.8 Å². The van der Waals surface area contributed by atoms with Crippen molar-refractivity contribution in [3.63, 3.8) is 0 Å². The molecule has 1 aliphatic rings. The number of esters is 1. The number of methoxy groups -OCH3 is 3. The van der Waals surface area contributed by atoms with E-state index >= 15 is 0 Å². The molecule has 3 aromatic rings. The molecule has 8 nitrogen and oxygen atoms in total. The summed E-state index contributed by atoms with van der Waals surface area (Å²) in [7, 11) is 4.42. The maximum Gasteiger partial charge on any atom is 0.342 e. The van der Waals surface area contributed by atoms with E-state index in [4.69, 9.17) is 18.9 Å². The molecule has 31 heavy (non-hydrogen) atoms. The van der Waals surface area contributed by atoms with E-state index in [1.54, 1.807) is 17.4 Å². The Bertz CT molecular complexity index is 1200. The molecule has 1 aromatic carbocycles. The second-order valence-corrected chi connectivity index (χ2v) is 8.61. The van der Waals surface area contributed by atoms with Gasteiger partial charge in [-0.15, -0.1) is 11.3 Å². The van der Waals surface area contributed by atoms with Gasteiger partial charge in [0.25, 0.3) is 5.56 Å². The van der Waals surface area contributed by atoms with Crippen LogP contribution in [0.25, 0.3) is 10.2 Å². The Hall–Kier alpha value is -3.07. The zero-order chi connectivity index (χ0) is 22.1. The van der Waals surface area contributed by atoms with Gasteiger partial charge in [-0.1, -0.05) is 6.92 Å². The van der Waals surface area contributed by atoms with Crippen molar-refractivity contribution < 1.29 is 23.7 Å². The van der Waals surface area contributed by atoms with E-state index in [1.807, 2.05) is 0 Å². The Labute approximate surface area is 183 Å². The van der Waals surface area contributed by atoms with Crippen LogP contribution in [0.2, 0.25) is 0 Å². The van der Waals surface area contributed by atoms with Crippen LogP contribution in [-0.4, -0.2) is 37.3 Å². The van der Waals surface area contributed by atoms with E-state index < -0.39 is 5.97 Å². The van der Waals surface area contributed by atoms with Crippen LogP contribution in [0, 0.1) is 5.92 Å². The van der Waals surface area contributed by atoms with Crippen molar-refractivity contribution in [1.82, 2.24) is 9.97 Å². The van der Waals surface area contributed by atoms with Gasteiger partial charge in [0, 0.05) is 17.0 Å². The number of aromatic nitrogens is 2. The molecule has 0 bridgehead atoms. The van der Waals surface area contributed by atoms with Crippen molar-refractivity contribution in [2.75, 3.05) is 21.3 Å². The Balaban J connectivity index is 1.58. The van der Waals surface area contributed by atoms with Crippen LogP contribution in [0.5, 0.6) is 17.2 Å². The summed E-state index contributed by atoms with van der Waals surface area (Å²) in [5.74, 6) is 1.39. The molecular weight excluding hydrogens is 420 g/mol. The predicted molar refractivity (Wildman–Crippen MR) is 117 cm³/mol. The number of hydrogen-bond donors (Lipinski definition) is 1. The summed E-state index contributed by atoms with van der Waals surface area (Å²) < 4.78 is 21.2. The van der Waals surface area contributed by atoms with Gasteiger partial charge in [-0.05, 0) is 30.7 Å². The topological polar surface area (TPSA) is 99.7 Å². The number of H-pyrrole nitrogens is 1. The summed E-state index contributed by atoms with van der Waals surface area (Å²) in [4.78, 5) is 34.6. The van der Waals surface area contributed by atoms with Gasteiger partial charge in [-0.3, -0.25) is 4.79 Å². The number of thiophene rings is 1. The number of rotatable bonds is 6. The third kappa shape index (κ3) is 3.97. The average Bonchev–Trinajstić information content (AvgIpc) is 3.14. The lowest BCUT2D eigenvalue weighted by molar-refractivity contribution is 0.0458. The first-order valence-electron chi connectivity index (χ1n) is 9.95. The fraction of sp³-hybridized carbons (Fsp3) is 0.409. The molecule has 1 atom stereocenters. The van der Waals surface area contributed by atoms with Gasteiger partial charge in [-0.2, -0.15) is 0 Å². The molecule has 0 spiro atoms. The third-order valence-corrected chi connectivity index (χ3v) is 6.63. The van der Waals surface area contributed by atoms with Gasteiger partial charge < -0.3 is 23.9 Å². The van der Waals surface area contributed by atoms with Crippen LogP contribution in [0.3, 0.4) is 0 Å². The highest BCUT2D eigenvalue weighted by Gasteiger charge is 2.24. The summed E-state index contributed by atoms with van der Waals surface area (Å²) in [6, 6.07) is 3.05. The van der Waals surface area contributed by atoms with Crippen molar-refractivity contribution in [1.29, 1.82) is 0 Å². The second-order valence-electron chi connectivity index (χ2n) is 7.53. The summed E-state index contributed by atoms with van der Waals surface area (Å²) in [5, 5.41) is 0.670. The van der Waals surface area contributed by atoms with E-state index in [0.29, 0.717) is 39.2 Å². The number of aromatic amines is 1.